The first-order chi connectivity index (χ1) is 3.81. The Kier molecular flexibility index (Phi) is 3.32. The van der Waals surface area contributed by atoms with Crippen molar-refractivity contribution in [2.75, 3.05) is 6.54 Å². The van der Waals surface area contributed by atoms with E-state index in [1.807, 2.05) is 0 Å². The predicted octanol–water partition coefficient (Wildman–Crippen LogP) is -0.173. The third kappa shape index (κ3) is 2.97. The van der Waals surface area contributed by atoms with Gasteiger partial charge in [0.2, 0.25) is 0 Å². The first-order valence-corrected chi connectivity index (χ1v) is 1.99. The highest BCUT2D eigenvalue weighted by Gasteiger charge is 1.87. The molecule has 0 saturated heterocycles. The fourth-order valence-corrected chi connectivity index (χ4v) is 0.183. The molecule has 0 spiro atoms. The average Bonchev–Trinajstić information content (AvgIpc) is 1.83. The van der Waals surface area contributed by atoms with Gasteiger partial charge in [-0.3, -0.25) is 0 Å². The number of hydrogen-bond donors (Lipinski definition) is 2. The topological polar surface area (TPSA) is 61.8 Å². The van der Waals surface area contributed by atoms with Crippen molar-refractivity contribution in [2.45, 2.75) is 0 Å². The van der Waals surface area contributed by atoms with Gasteiger partial charge in [0.05, 0.1) is 6.54 Å². The lowest BCUT2D eigenvalue weighted by Gasteiger charge is -1.88. The second-order valence-electron chi connectivity index (χ2n) is 1.08. The highest BCUT2D eigenvalue weighted by Crippen LogP contribution is 1.86. The molecule has 0 aromatic carbocycles. The van der Waals surface area contributed by atoms with Crippen molar-refractivity contribution in [3.05, 3.63) is 12.0 Å². The number of halogens is 1. The zero-order valence-electron chi connectivity index (χ0n) is 4.19. The summed E-state index contributed by atoms with van der Waals surface area (Å²) in [4.78, 5) is 0. The minimum absolute atomic E-state index is 0.118. The van der Waals surface area contributed by atoms with Crippen LogP contribution in [0.4, 0.5) is 4.39 Å². The summed E-state index contributed by atoms with van der Waals surface area (Å²) >= 11 is 0. The first kappa shape index (κ1) is 6.76. The summed E-state index contributed by atoms with van der Waals surface area (Å²) in [6.07, 6.45) is 2.36. The molecule has 0 aromatic rings. The summed E-state index contributed by atoms with van der Waals surface area (Å²) in [6.45, 7) is -0.118. The van der Waals surface area contributed by atoms with Gasteiger partial charge in [-0.25, -0.2) is 4.39 Å². The molecule has 0 atom stereocenters. The van der Waals surface area contributed by atoms with E-state index in [1.165, 1.54) is 0 Å². The summed E-state index contributed by atoms with van der Waals surface area (Å²) in [5.74, 6) is -0.536. The number of nitriles is 1. The summed E-state index contributed by atoms with van der Waals surface area (Å²) in [5.41, 5.74) is 4.73. The molecule has 0 amide bonds. The highest BCUT2D eigenvalue weighted by atomic mass is 19.1. The number of nitrogens with one attached hydrogen (secondary N) is 1. The number of hydrogen-bond acceptors (Lipinski definition) is 3. The van der Waals surface area contributed by atoms with Crippen LogP contribution in [0.25, 0.3) is 0 Å². The highest BCUT2D eigenvalue weighted by molar-refractivity contribution is 4.91. The zero-order chi connectivity index (χ0) is 6.41. The van der Waals surface area contributed by atoms with Crippen molar-refractivity contribution in [3.8, 4) is 6.19 Å². The van der Waals surface area contributed by atoms with E-state index in [0.29, 0.717) is 0 Å². The standard InChI is InChI=1S/C4H6FN3/c5-4(1-6)2-8-3-7/h1,8H,2,6H2/b4-1+. The van der Waals surface area contributed by atoms with E-state index >= 15 is 0 Å². The van der Waals surface area contributed by atoms with Crippen LogP contribution in [0.2, 0.25) is 0 Å². The lowest BCUT2D eigenvalue weighted by atomic mass is 10.6. The average molecular weight is 115 g/mol. The van der Waals surface area contributed by atoms with Gasteiger partial charge in [-0.15, -0.1) is 0 Å². The van der Waals surface area contributed by atoms with E-state index < -0.39 is 5.83 Å². The molecule has 0 fully saturated rings. The van der Waals surface area contributed by atoms with Crippen molar-refractivity contribution < 1.29 is 4.39 Å². The molecular formula is C4H6FN3. The molecule has 0 rings (SSSR count). The molecule has 3 N–H and O–H groups in total. The van der Waals surface area contributed by atoms with Crippen LogP contribution in [0.3, 0.4) is 0 Å². The Morgan fingerprint density at radius 1 is 2.00 bits per heavy atom. The lowest BCUT2D eigenvalue weighted by molar-refractivity contribution is 0.598. The lowest BCUT2D eigenvalue weighted by Crippen LogP contribution is -2.08. The molecule has 0 aliphatic heterocycles. The van der Waals surface area contributed by atoms with Gasteiger partial charge in [-0.1, -0.05) is 0 Å². The third-order valence-corrected chi connectivity index (χ3v) is 0.517. The van der Waals surface area contributed by atoms with Crippen molar-refractivity contribution in [1.82, 2.24) is 5.32 Å². The van der Waals surface area contributed by atoms with Gasteiger partial charge in [-0.05, 0) is 0 Å². The van der Waals surface area contributed by atoms with E-state index in [2.05, 4.69) is 5.32 Å². The Balaban J connectivity index is 3.29. The number of nitrogens with zero attached hydrogens (tertiary/aromatic N) is 1. The Labute approximate surface area is 46.6 Å². The Morgan fingerprint density at radius 2 is 2.62 bits per heavy atom. The first-order valence-electron chi connectivity index (χ1n) is 1.99. The van der Waals surface area contributed by atoms with Crippen molar-refractivity contribution in [2.24, 2.45) is 5.73 Å². The molecule has 3 nitrogen and oxygen atoms in total. The van der Waals surface area contributed by atoms with Gasteiger partial charge in [0.25, 0.3) is 0 Å². The van der Waals surface area contributed by atoms with Crippen LogP contribution in [-0.4, -0.2) is 6.54 Å². The monoisotopic (exact) mass is 115 g/mol. The van der Waals surface area contributed by atoms with Crippen molar-refractivity contribution in [1.29, 1.82) is 5.26 Å². The fourth-order valence-electron chi connectivity index (χ4n) is 0.183. The largest absolute Gasteiger partial charge is 0.402 e. The van der Waals surface area contributed by atoms with Crippen molar-refractivity contribution >= 4 is 0 Å². The summed E-state index contributed by atoms with van der Waals surface area (Å²) in [7, 11) is 0. The van der Waals surface area contributed by atoms with Crippen LogP contribution >= 0.6 is 0 Å². The van der Waals surface area contributed by atoms with E-state index in [0.717, 1.165) is 6.20 Å². The van der Waals surface area contributed by atoms with Gasteiger partial charge in [0, 0.05) is 6.20 Å². The SMILES string of the molecule is N#CNC/C(F)=C\N. The predicted molar refractivity (Wildman–Crippen MR) is 27.0 cm³/mol. The third-order valence-electron chi connectivity index (χ3n) is 0.517. The van der Waals surface area contributed by atoms with Crippen LogP contribution in [0.5, 0.6) is 0 Å². The van der Waals surface area contributed by atoms with E-state index in [-0.39, 0.29) is 6.54 Å². The smallest absolute Gasteiger partial charge is 0.176 e. The van der Waals surface area contributed by atoms with Crippen LogP contribution in [-0.2, 0) is 0 Å². The number of rotatable bonds is 2. The maximum Gasteiger partial charge on any atom is 0.176 e. The van der Waals surface area contributed by atoms with E-state index in [9.17, 15) is 4.39 Å². The molecule has 0 aliphatic carbocycles. The molecule has 0 aromatic heterocycles. The minimum atomic E-state index is -0.536. The van der Waals surface area contributed by atoms with Crippen LogP contribution in [0.15, 0.2) is 12.0 Å². The molecule has 4 heteroatoms. The van der Waals surface area contributed by atoms with E-state index in [4.69, 9.17) is 11.0 Å². The molecule has 0 unspecified atom stereocenters. The van der Waals surface area contributed by atoms with Crippen LogP contribution in [0, 0.1) is 11.5 Å². The Bertz CT molecular complexity index is 124. The molecule has 0 saturated carbocycles. The second-order valence-corrected chi connectivity index (χ2v) is 1.08. The van der Waals surface area contributed by atoms with Crippen LogP contribution < -0.4 is 11.1 Å². The normalized spacial score (nSPS) is 10.2. The van der Waals surface area contributed by atoms with Gasteiger partial charge >= 0.3 is 0 Å². The summed E-state index contributed by atoms with van der Waals surface area (Å²) in [6, 6.07) is 0. The van der Waals surface area contributed by atoms with Gasteiger partial charge < -0.3 is 11.1 Å². The maximum atomic E-state index is 11.8. The van der Waals surface area contributed by atoms with Crippen LogP contribution in [0.1, 0.15) is 0 Å². The fraction of sp³-hybridized carbons (Fsp3) is 0.250. The molecule has 0 bridgehead atoms. The van der Waals surface area contributed by atoms with E-state index in [1.54, 1.807) is 6.19 Å². The minimum Gasteiger partial charge on any atom is -0.402 e. The molecule has 8 heavy (non-hydrogen) atoms. The maximum absolute atomic E-state index is 11.8. The molecular weight excluding hydrogens is 109 g/mol. The number of nitrogens with two attached hydrogens (primary N) is 1. The molecule has 0 aliphatic rings. The summed E-state index contributed by atoms with van der Waals surface area (Å²) < 4.78 is 11.8. The second kappa shape index (κ2) is 3.93. The Hall–Kier alpha value is -1.24. The Morgan fingerprint density at radius 3 is 3.00 bits per heavy atom. The quantitative estimate of drug-likeness (QED) is 0.388. The van der Waals surface area contributed by atoms with Gasteiger partial charge in [0.1, 0.15) is 5.83 Å². The van der Waals surface area contributed by atoms with Gasteiger partial charge in [-0.2, -0.15) is 5.26 Å². The molecule has 44 valence electrons. The zero-order valence-corrected chi connectivity index (χ0v) is 4.19. The molecule has 0 heterocycles. The summed E-state index contributed by atoms with van der Waals surface area (Å²) in [5, 5.41) is 9.90. The molecule has 0 radical (unpaired) electrons. The van der Waals surface area contributed by atoms with Gasteiger partial charge in [0.15, 0.2) is 6.19 Å². The van der Waals surface area contributed by atoms with Crippen molar-refractivity contribution in [3.63, 3.8) is 0 Å².